The lowest BCUT2D eigenvalue weighted by atomic mass is 9.98. The topological polar surface area (TPSA) is 50.2 Å². The van der Waals surface area contributed by atoms with Crippen molar-refractivity contribution in [1.29, 1.82) is 0 Å². The Labute approximate surface area is 100 Å². The number of pyridine rings is 1. The van der Waals surface area contributed by atoms with Crippen LogP contribution in [0, 0.1) is 12.8 Å². The zero-order valence-corrected chi connectivity index (χ0v) is 9.97. The SMILES string of the molecule is Cc1cncc2cc(CC(C)C(=O)O)ccc12. The first-order valence-electron chi connectivity index (χ1n) is 5.64. The van der Waals surface area contributed by atoms with E-state index in [2.05, 4.69) is 4.98 Å². The van der Waals surface area contributed by atoms with Gasteiger partial charge in [-0.2, -0.15) is 0 Å². The molecule has 2 aromatic rings. The van der Waals surface area contributed by atoms with E-state index < -0.39 is 5.97 Å². The van der Waals surface area contributed by atoms with Crippen molar-refractivity contribution in [3.8, 4) is 0 Å². The van der Waals surface area contributed by atoms with Crippen LogP contribution < -0.4 is 0 Å². The van der Waals surface area contributed by atoms with Gasteiger partial charge in [-0.15, -0.1) is 0 Å². The van der Waals surface area contributed by atoms with E-state index in [9.17, 15) is 4.79 Å². The van der Waals surface area contributed by atoms with Crippen LogP contribution in [0.2, 0.25) is 0 Å². The fraction of sp³-hybridized carbons (Fsp3) is 0.286. The van der Waals surface area contributed by atoms with E-state index in [-0.39, 0.29) is 5.92 Å². The Hall–Kier alpha value is -1.90. The highest BCUT2D eigenvalue weighted by atomic mass is 16.4. The highest BCUT2D eigenvalue weighted by Crippen LogP contribution is 2.20. The van der Waals surface area contributed by atoms with Crippen LogP contribution in [0.4, 0.5) is 0 Å². The second kappa shape index (κ2) is 4.53. The molecule has 88 valence electrons. The van der Waals surface area contributed by atoms with Crippen LogP contribution in [0.15, 0.2) is 30.6 Å². The number of aryl methyl sites for hydroxylation is 1. The summed E-state index contributed by atoms with van der Waals surface area (Å²) in [5, 5.41) is 11.1. The Morgan fingerprint density at radius 2 is 2.18 bits per heavy atom. The molecule has 0 amide bonds. The minimum absolute atomic E-state index is 0.356. The van der Waals surface area contributed by atoms with Crippen molar-refractivity contribution in [2.45, 2.75) is 20.3 Å². The van der Waals surface area contributed by atoms with Crippen molar-refractivity contribution < 1.29 is 9.90 Å². The molecule has 2 rings (SSSR count). The Balaban J connectivity index is 2.35. The summed E-state index contributed by atoms with van der Waals surface area (Å²) >= 11 is 0. The Kier molecular flexibility index (Phi) is 3.09. The number of aromatic nitrogens is 1. The maximum atomic E-state index is 10.8. The first-order chi connectivity index (χ1) is 8.08. The average Bonchev–Trinajstić information content (AvgIpc) is 2.29. The summed E-state index contributed by atoms with van der Waals surface area (Å²) in [6, 6.07) is 6.06. The lowest BCUT2D eigenvalue weighted by molar-refractivity contribution is -0.141. The van der Waals surface area contributed by atoms with Gasteiger partial charge in [-0.05, 0) is 35.9 Å². The van der Waals surface area contributed by atoms with Crippen molar-refractivity contribution >= 4 is 16.7 Å². The zero-order chi connectivity index (χ0) is 12.4. The van der Waals surface area contributed by atoms with Gasteiger partial charge in [0.05, 0.1) is 5.92 Å². The minimum atomic E-state index is -0.757. The minimum Gasteiger partial charge on any atom is -0.481 e. The van der Waals surface area contributed by atoms with Gasteiger partial charge < -0.3 is 5.11 Å². The van der Waals surface area contributed by atoms with Crippen LogP contribution >= 0.6 is 0 Å². The third kappa shape index (κ3) is 2.44. The smallest absolute Gasteiger partial charge is 0.306 e. The largest absolute Gasteiger partial charge is 0.481 e. The first kappa shape index (κ1) is 11.6. The molecule has 0 bridgehead atoms. The molecule has 17 heavy (non-hydrogen) atoms. The molecule has 1 heterocycles. The van der Waals surface area contributed by atoms with E-state index >= 15 is 0 Å². The summed E-state index contributed by atoms with van der Waals surface area (Å²) in [5.74, 6) is -1.11. The molecule has 0 fully saturated rings. The van der Waals surface area contributed by atoms with E-state index in [0.717, 1.165) is 16.5 Å². The zero-order valence-electron chi connectivity index (χ0n) is 9.97. The molecule has 0 saturated carbocycles. The summed E-state index contributed by atoms with van der Waals surface area (Å²) in [4.78, 5) is 15.0. The Morgan fingerprint density at radius 1 is 1.41 bits per heavy atom. The summed E-state index contributed by atoms with van der Waals surface area (Å²) in [6.45, 7) is 3.75. The number of carboxylic acids is 1. The molecule has 3 heteroatoms. The van der Waals surface area contributed by atoms with Gasteiger partial charge in [0.15, 0.2) is 0 Å². The lowest BCUT2D eigenvalue weighted by Gasteiger charge is -2.08. The van der Waals surface area contributed by atoms with E-state index in [4.69, 9.17) is 5.11 Å². The molecule has 0 aliphatic rings. The molecule has 0 spiro atoms. The van der Waals surface area contributed by atoms with Crippen molar-refractivity contribution in [2.24, 2.45) is 5.92 Å². The molecule has 3 nitrogen and oxygen atoms in total. The van der Waals surface area contributed by atoms with Gasteiger partial charge in [0.2, 0.25) is 0 Å². The van der Waals surface area contributed by atoms with Gasteiger partial charge in [0.1, 0.15) is 0 Å². The molecular formula is C14H15NO2. The predicted octanol–water partition coefficient (Wildman–Crippen LogP) is 2.81. The number of aliphatic carboxylic acids is 1. The van der Waals surface area contributed by atoms with E-state index in [1.807, 2.05) is 37.5 Å². The van der Waals surface area contributed by atoms with Gasteiger partial charge in [0.25, 0.3) is 0 Å². The molecule has 1 aromatic carbocycles. The Bertz CT molecular complexity index is 563. The van der Waals surface area contributed by atoms with Gasteiger partial charge >= 0.3 is 5.97 Å². The van der Waals surface area contributed by atoms with Crippen LogP contribution in [0.25, 0.3) is 10.8 Å². The van der Waals surface area contributed by atoms with Crippen LogP contribution in [-0.2, 0) is 11.2 Å². The van der Waals surface area contributed by atoms with Crippen molar-refractivity contribution in [1.82, 2.24) is 4.98 Å². The molecule has 1 aromatic heterocycles. The Morgan fingerprint density at radius 3 is 2.88 bits per heavy atom. The second-order valence-corrected chi connectivity index (χ2v) is 4.46. The standard InChI is InChI=1S/C14H15NO2/c1-9(14(16)17)5-11-3-4-13-10(2)7-15-8-12(13)6-11/h3-4,6-9H,5H2,1-2H3,(H,16,17). The predicted molar refractivity (Wildman–Crippen MR) is 67.0 cm³/mol. The first-order valence-corrected chi connectivity index (χ1v) is 5.64. The fourth-order valence-electron chi connectivity index (χ4n) is 1.94. The lowest BCUT2D eigenvalue weighted by Crippen LogP contribution is -2.12. The summed E-state index contributed by atoms with van der Waals surface area (Å²) in [7, 11) is 0. The third-order valence-electron chi connectivity index (χ3n) is 2.99. The normalized spacial score (nSPS) is 12.6. The van der Waals surface area contributed by atoms with Gasteiger partial charge in [-0.1, -0.05) is 19.1 Å². The third-order valence-corrected chi connectivity index (χ3v) is 2.99. The van der Waals surface area contributed by atoms with Gasteiger partial charge in [-0.3, -0.25) is 9.78 Å². The number of nitrogens with zero attached hydrogens (tertiary/aromatic N) is 1. The number of carboxylic acid groups (broad SMARTS) is 1. The molecule has 0 aliphatic heterocycles. The maximum absolute atomic E-state index is 10.8. The monoisotopic (exact) mass is 229 g/mol. The van der Waals surface area contributed by atoms with Crippen molar-refractivity contribution in [2.75, 3.05) is 0 Å². The van der Waals surface area contributed by atoms with Crippen LogP contribution in [-0.4, -0.2) is 16.1 Å². The van der Waals surface area contributed by atoms with Crippen LogP contribution in [0.3, 0.4) is 0 Å². The van der Waals surface area contributed by atoms with E-state index in [1.54, 1.807) is 6.92 Å². The molecule has 0 aliphatic carbocycles. The second-order valence-electron chi connectivity index (χ2n) is 4.46. The summed E-state index contributed by atoms with van der Waals surface area (Å²) in [5.41, 5.74) is 2.18. The fourth-order valence-corrected chi connectivity index (χ4v) is 1.94. The highest BCUT2D eigenvalue weighted by Gasteiger charge is 2.11. The quantitative estimate of drug-likeness (QED) is 0.880. The molecule has 0 radical (unpaired) electrons. The summed E-state index contributed by atoms with van der Waals surface area (Å²) < 4.78 is 0. The molecular weight excluding hydrogens is 214 g/mol. The number of carbonyl (C=O) groups is 1. The van der Waals surface area contributed by atoms with Crippen molar-refractivity contribution in [3.05, 3.63) is 41.7 Å². The average molecular weight is 229 g/mol. The molecule has 1 atom stereocenters. The van der Waals surface area contributed by atoms with Crippen LogP contribution in [0.1, 0.15) is 18.1 Å². The summed E-state index contributed by atoms with van der Waals surface area (Å²) in [6.07, 6.45) is 4.21. The number of benzene rings is 1. The number of hydrogen-bond acceptors (Lipinski definition) is 2. The maximum Gasteiger partial charge on any atom is 0.306 e. The van der Waals surface area contributed by atoms with Gasteiger partial charge in [0, 0.05) is 17.8 Å². The molecule has 1 unspecified atom stereocenters. The molecule has 1 N–H and O–H groups in total. The van der Waals surface area contributed by atoms with E-state index in [1.165, 1.54) is 5.39 Å². The highest BCUT2D eigenvalue weighted by molar-refractivity contribution is 5.85. The number of fused-ring (bicyclic) bond motifs is 1. The van der Waals surface area contributed by atoms with Crippen LogP contribution in [0.5, 0.6) is 0 Å². The van der Waals surface area contributed by atoms with Gasteiger partial charge in [-0.25, -0.2) is 0 Å². The van der Waals surface area contributed by atoms with E-state index in [0.29, 0.717) is 6.42 Å². The number of rotatable bonds is 3. The van der Waals surface area contributed by atoms with Crippen molar-refractivity contribution in [3.63, 3.8) is 0 Å². The number of hydrogen-bond donors (Lipinski definition) is 1. The molecule has 0 saturated heterocycles.